The van der Waals surface area contributed by atoms with E-state index in [1.54, 1.807) is 0 Å². The van der Waals surface area contributed by atoms with E-state index in [2.05, 4.69) is 62.7 Å². The van der Waals surface area contributed by atoms with Gasteiger partial charge in [-0.25, -0.2) is 0 Å². The molecule has 2 aliphatic rings. The Hall–Kier alpha value is -2.92. The van der Waals surface area contributed by atoms with E-state index in [0.717, 1.165) is 23.2 Å². The van der Waals surface area contributed by atoms with Crippen molar-refractivity contribution in [3.05, 3.63) is 84.8 Å². The molecule has 0 spiro atoms. The second-order valence-electron chi connectivity index (χ2n) is 8.71. The lowest BCUT2D eigenvalue weighted by Crippen LogP contribution is -2.54. The summed E-state index contributed by atoms with van der Waals surface area (Å²) in [5.74, 6) is -0.0973. The van der Waals surface area contributed by atoms with Gasteiger partial charge in [-0.2, -0.15) is 0 Å². The van der Waals surface area contributed by atoms with Gasteiger partial charge in [-0.3, -0.25) is 9.59 Å². The molecule has 5 heteroatoms. The maximum atomic E-state index is 13.6. The molecule has 3 heterocycles. The number of carbonyl (C=O) groups is 1. The predicted molar refractivity (Wildman–Crippen MR) is 118 cm³/mol. The molecule has 0 saturated heterocycles. The van der Waals surface area contributed by atoms with Crippen LogP contribution in [0.15, 0.2) is 53.3 Å². The zero-order chi connectivity index (χ0) is 20.6. The molecule has 1 unspecified atom stereocenters. The highest BCUT2D eigenvalue weighted by molar-refractivity contribution is 7.07. The van der Waals surface area contributed by atoms with Gasteiger partial charge in [0.2, 0.25) is 0 Å². The Bertz CT molecular complexity index is 1330. The first-order valence-electron chi connectivity index (χ1n) is 9.70. The highest BCUT2D eigenvalue weighted by Crippen LogP contribution is 2.55. The lowest BCUT2D eigenvalue weighted by Gasteiger charge is -2.49. The standard InChI is InChI=1S/C24H22N2O2S/c1-14-25-21(27)20(29-14)18-16-11-8-12-17-19(16)26(22(18)28)23(2,3)13-24(17,4)15-9-6-5-7-10-15/h5-12H,1,13H2,2-4H3,(H,25,27)/b20-18+. The van der Waals surface area contributed by atoms with Crippen molar-refractivity contribution in [2.75, 3.05) is 4.90 Å². The molecule has 1 atom stereocenters. The molecule has 1 amide bonds. The molecule has 0 aliphatic carbocycles. The summed E-state index contributed by atoms with van der Waals surface area (Å²) in [5, 5.41) is 0. The van der Waals surface area contributed by atoms with E-state index in [1.165, 1.54) is 16.9 Å². The molecule has 0 fully saturated rings. The Morgan fingerprint density at radius 2 is 1.76 bits per heavy atom. The first-order chi connectivity index (χ1) is 13.7. The van der Waals surface area contributed by atoms with Crippen LogP contribution >= 0.6 is 11.3 Å². The smallest absolute Gasteiger partial charge is 0.267 e. The number of benzene rings is 2. The Kier molecular flexibility index (Phi) is 3.63. The second-order valence-corrected chi connectivity index (χ2v) is 9.82. The number of rotatable bonds is 1. The molecule has 29 heavy (non-hydrogen) atoms. The topological polar surface area (TPSA) is 53.2 Å². The third-order valence-corrected chi connectivity index (χ3v) is 7.20. The minimum Gasteiger partial charge on any atom is -0.313 e. The van der Waals surface area contributed by atoms with Crippen LogP contribution in [0.25, 0.3) is 12.2 Å². The third-order valence-electron chi connectivity index (χ3n) is 6.25. The summed E-state index contributed by atoms with van der Waals surface area (Å²) < 4.78 is 1.00. The summed E-state index contributed by atoms with van der Waals surface area (Å²) >= 11 is 1.25. The number of nitrogens with one attached hydrogen (secondary N) is 1. The molecule has 0 radical (unpaired) electrons. The van der Waals surface area contributed by atoms with Crippen LogP contribution in [0.3, 0.4) is 0 Å². The molecule has 0 saturated carbocycles. The van der Waals surface area contributed by atoms with Crippen molar-refractivity contribution in [3.8, 4) is 0 Å². The van der Waals surface area contributed by atoms with Crippen LogP contribution < -0.4 is 19.7 Å². The minimum absolute atomic E-state index is 0.0973. The van der Waals surface area contributed by atoms with Crippen LogP contribution in [-0.4, -0.2) is 16.4 Å². The summed E-state index contributed by atoms with van der Waals surface area (Å²) in [7, 11) is 0. The Balaban J connectivity index is 1.90. The van der Waals surface area contributed by atoms with Crippen LogP contribution in [0.4, 0.5) is 5.69 Å². The van der Waals surface area contributed by atoms with E-state index in [1.807, 2.05) is 23.1 Å². The molecular formula is C24H22N2O2S. The summed E-state index contributed by atoms with van der Waals surface area (Å²) in [6, 6.07) is 16.5. The van der Waals surface area contributed by atoms with Gasteiger partial charge in [-0.05, 0) is 31.4 Å². The van der Waals surface area contributed by atoms with Crippen molar-refractivity contribution < 1.29 is 4.79 Å². The van der Waals surface area contributed by atoms with E-state index in [4.69, 9.17) is 0 Å². The van der Waals surface area contributed by atoms with Gasteiger partial charge in [0.1, 0.15) is 4.53 Å². The van der Waals surface area contributed by atoms with Crippen molar-refractivity contribution in [1.82, 2.24) is 4.98 Å². The van der Waals surface area contributed by atoms with Crippen molar-refractivity contribution in [2.45, 2.75) is 38.1 Å². The summed E-state index contributed by atoms with van der Waals surface area (Å²) in [6.07, 6.45) is 0.793. The molecule has 5 rings (SSSR count). The van der Waals surface area contributed by atoms with Crippen LogP contribution in [0.2, 0.25) is 0 Å². The molecule has 0 bridgehead atoms. The fourth-order valence-corrected chi connectivity index (χ4v) is 6.04. The van der Waals surface area contributed by atoms with E-state index >= 15 is 0 Å². The van der Waals surface area contributed by atoms with Crippen molar-refractivity contribution in [3.63, 3.8) is 0 Å². The zero-order valence-electron chi connectivity index (χ0n) is 16.7. The average Bonchev–Trinajstić information content (AvgIpc) is 3.16. The number of H-pyrrole nitrogens is 1. The van der Waals surface area contributed by atoms with Gasteiger partial charge in [0.05, 0.1) is 15.9 Å². The largest absolute Gasteiger partial charge is 0.313 e. The van der Waals surface area contributed by atoms with Gasteiger partial charge in [-0.1, -0.05) is 62.0 Å². The predicted octanol–water partition coefficient (Wildman–Crippen LogP) is 2.88. The number of nitrogens with zero attached hydrogens (tertiary/aromatic N) is 1. The first-order valence-corrected chi connectivity index (χ1v) is 10.5. The Labute approximate surface area is 172 Å². The highest BCUT2D eigenvalue weighted by atomic mass is 32.1. The highest BCUT2D eigenvalue weighted by Gasteiger charge is 2.52. The first kappa shape index (κ1) is 18.1. The van der Waals surface area contributed by atoms with Gasteiger partial charge in [-0.15, -0.1) is 11.3 Å². The summed E-state index contributed by atoms with van der Waals surface area (Å²) in [6.45, 7) is 10.3. The fourth-order valence-electron chi connectivity index (χ4n) is 5.20. The van der Waals surface area contributed by atoms with Crippen LogP contribution in [0.1, 0.15) is 43.9 Å². The molecule has 2 aliphatic heterocycles. The summed E-state index contributed by atoms with van der Waals surface area (Å²) in [4.78, 5) is 30.8. The second kappa shape index (κ2) is 5.80. The van der Waals surface area contributed by atoms with Gasteiger partial charge < -0.3 is 9.88 Å². The number of aromatic amines is 1. The van der Waals surface area contributed by atoms with E-state index in [0.29, 0.717) is 14.8 Å². The van der Waals surface area contributed by atoms with Gasteiger partial charge >= 0.3 is 0 Å². The van der Waals surface area contributed by atoms with Crippen molar-refractivity contribution in [2.24, 2.45) is 0 Å². The molecule has 1 aromatic heterocycles. The van der Waals surface area contributed by atoms with Crippen molar-refractivity contribution in [1.29, 1.82) is 0 Å². The van der Waals surface area contributed by atoms with E-state index in [-0.39, 0.29) is 16.9 Å². The maximum absolute atomic E-state index is 13.6. The van der Waals surface area contributed by atoms with Gasteiger partial charge in [0.25, 0.3) is 11.5 Å². The molecular weight excluding hydrogens is 380 g/mol. The average molecular weight is 403 g/mol. The maximum Gasteiger partial charge on any atom is 0.267 e. The Morgan fingerprint density at radius 3 is 2.41 bits per heavy atom. The number of carbonyl (C=O) groups excluding carboxylic acids is 1. The monoisotopic (exact) mass is 402 g/mol. The summed E-state index contributed by atoms with van der Waals surface area (Å²) in [5.41, 5.74) is 3.76. The number of para-hydroxylation sites is 1. The number of amides is 1. The number of anilines is 1. The number of aromatic nitrogens is 1. The minimum atomic E-state index is -0.399. The molecule has 146 valence electrons. The lowest BCUT2D eigenvalue weighted by atomic mass is 9.65. The van der Waals surface area contributed by atoms with Crippen LogP contribution in [0, 0.1) is 0 Å². The van der Waals surface area contributed by atoms with Gasteiger partial charge in [0.15, 0.2) is 0 Å². The number of thiazole rings is 1. The van der Waals surface area contributed by atoms with Gasteiger partial charge in [0, 0.05) is 16.5 Å². The SMILES string of the molecule is C=c1[nH]c(=O)/c(=C2\C(=O)N3c4c2cccc4C(C)(c2ccccc2)CC3(C)C)s1. The normalized spacial score (nSPS) is 24.0. The fraction of sp³-hybridized carbons (Fsp3) is 0.250. The molecule has 2 aromatic carbocycles. The molecule has 3 aromatic rings. The van der Waals surface area contributed by atoms with E-state index < -0.39 is 5.54 Å². The van der Waals surface area contributed by atoms with Crippen LogP contribution in [-0.2, 0) is 10.2 Å². The third kappa shape index (κ3) is 2.37. The molecule has 1 N–H and O–H groups in total. The van der Waals surface area contributed by atoms with Crippen LogP contribution in [0.5, 0.6) is 0 Å². The quantitative estimate of drug-likeness (QED) is 0.681. The molecule has 4 nitrogen and oxygen atoms in total. The lowest BCUT2D eigenvalue weighted by molar-refractivity contribution is -0.114. The van der Waals surface area contributed by atoms with E-state index in [9.17, 15) is 9.59 Å². The number of hydrogen-bond acceptors (Lipinski definition) is 3. The van der Waals surface area contributed by atoms with Crippen molar-refractivity contribution >= 4 is 35.1 Å². The number of hydrogen-bond donors (Lipinski definition) is 1. The Morgan fingerprint density at radius 1 is 1.03 bits per heavy atom. The zero-order valence-corrected chi connectivity index (χ0v) is 17.5.